The molecule has 6 nitrogen and oxygen atoms in total. The standard InChI is InChI=1S/C28H16Cl3N3O3/c29-19-11-9-17(10-12-19)26-33-24-7-3-2-6-22(24)27(35)34(26)32-16-18-5-1-4-8-25(18)37-28(36)21-14-13-20(30)15-23(21)31/h1-16H. The molecule has 37 heavy (non-hydrogen) atoms. The van der Waals surface area contributed by atoms with Crippen molar-refractivity contribution in [3.63, 3.8) is 0 Å². The van der Waals surface area contributed by atoms with E-state index in [1.165, 1.54) is 23.0 Å². The van der Waals surface area contributed by atoms with Crippen molar-refractivity contribution in [1.82, 2.24) is 9.66 Å². The van der Waals surface area contributed by atoms with Gasteiger partial charge in [-0.2, -0.15) is 9.78 Å². The number of nitrogens with zero attached hydrogens (tertiary/aromatic N) is 3. The molecule has 0 atom stereocenters. The number of para-hydroxylation sites is 2. The van der Waals surface area contributed by atoms with E-state index in [1.807, 2.05) is 6.07 Å². The Kier molecular flexibility index (Phi) is 7.06. The first-order chi connectivity index (χ1) is 17.9. The van der Waals surface area contributed by atoms with E-state index in [0.717, 1.165) is 0 Å². The van der Waals surface area contributed by atoms with E-state index in [0.29, 0.717) is 37.9 Å². The molecule has 1 aromatic heterocycles. The van der Waals surface area contributed by atoms with Crippen LogP contribution in [0.15, 0.2) is 101 Å². The number of halogens is 3. The van der Waals surface area contributed by atoms with Crippen LogP contribution < -0.4 is 10.3 Å². The number of rotatable bonds is 5. The molecule has 182 valence electrons. The van der Waals surface area contributed by atoms with Crippen LogP contribution in [0.25, 0.3) is 22.3 Å². The molecule has 0 amide bonds. The van der Waals surface area contributed by atoms with Crippen LogP contribution >= 0.6 is 34.8 Å². The van der Waals surface area contributed by atoms with Gasteiger partial charge in [0.1, 0.15) is 5.75 Å². The summed E-state index contributed by atoms with van der Waals surface area (Å²) in [6.07, 6.45) is 1.43. The molecule has 5 aromatic rings. The van der Waals surface area contributed by atoms with E-state index in [2.05, 4.69) is 10.1 Å². The highest BCUT2D eigenvalue weighted by Crippen LogP contribution is 2.25. The maximum Gasteiger partial charge on any atom is 0.345 e. The fraction of sp³-hybridized carbons (Fsp3) is 0. The van der Waals surface area contributed by atoms with Crippen LogP contribution in [0.3, 0.4) is 0 Å². The highest BCUT2D eigenvalue weighted by Gasteiger charge is 2.16. The number of hydrogen-bond acceptors (Lipinski definition) is 5. The topological polar surface area (TPSA) is 73.5 Å². The van der Waals surface area contributed by atoms with Crippen molar-refractivity contribution < 1.29 is 9.53 Å². The Morgan fingerprint density at radius 1 is 0.865 bits per heavy atom. The first-order valence-electron chi connectivity index (χ1n) is 11.0. The molecule has 0 radical (unpaired) electrons. The van der Waals surface area contributed by atoms with Crippen LogP contribution in [0.1, 0.15) is 15.9 Å². The third kappa shape index (κ3) is 5.27. The van der Waals surface area contributed by atoms with Gasteiger partial charge in [-0.15, -0.1) is 0 Å². The molecule has 0 aliphatic rings. The molecule has 5 rings (SSSR count). The summed E-state index contributed by atoms with van der Waals surface area (Å²) in [7, 11) is 0. The Bertz CT molecular complexity index is 1730. The van der Waals surface area contributed by atoms with Crippen molar-refractivity contribution in [3.05, 3.63) is 128 Å². The predicted molar refractivity (Wildman–Crippen MR) is 147 cm³/mol. The molecule has 0 spiro atoms. The van der Waals surface area contributed by atoms with Crippen molar-refractivity contribution >= 4 is 57.9 Å². The quantitative estimate of drug-likeness (QED) is 0.133. The Morgan fingerprint density at radius 2 is 1.57 bits per heavy atom. The molecule has 1 heterocycles. The summed E-state index contributed by atoms with van der Waals surface area (Å²) in [4.78, 5) is 30.8. The number of carbonyl (C=O) groups is 1. The fourth-order valence-corrected chi connectivity index (χ4v) is 4.24. The zero-order chi connectivity index (χ0) is 25.9. The zero-order valence-electron chi connectivity index (χ0n) is 18.9. The van der Waals surface area contributed by atoms with Gasteiger partial charge in [0.25, 0.3) is 5.56 Å². The normalized spacial score (nSPS) is 11.2. The van der Waals surface area contributed by atoms with Gasteiger partial charge in [0.15, 0.2) is 5.82 Å². The van der Waals surface area contributed by atoms with E-state index in [9.17, 15) is 9.59 Å². The van der Waals surface area contributed by atoms with Crippen LogP contribution in [0, 0.1) is 0 Å². The van der Waals surface area contributed by atoms with Gasteiger partial charge >= 0.3 is 5.97 Å². The largest absolute Gasteiger partial charge is 0.422 e. The monoisotopic (exact) mass is 547 g/mol. The van der Waals surface area contributed by atoms with E-state index in [1.54, 1.807) is 72.8 Å². The van der Waals surface area contributed by atoms with Gasteiger partial charge in [-0.3, -0.25) is 4.79 Å². The SMILES string of the molecule is O=C(Oc1ccccc1C=Nn1c(-c2ccc(Cl)cc2)nc2ccccc2c1=O)c1ccc(Cl)cc1Cl. The Morgan fingerprint density at radius 3 is 2.35 bits per heavy atom. The maximum atomic E-state index is 13.4. The minimum atomic E-state index is -0.658. The molecule has 0 fully saturated rings. The van der Waals surface area contributed by atoms with Gasteiger partial charge in [-0.05, 0) is 66.7 Å². The first kappa shape index (κ1) is 24.7. The average molecular weight is 549 g/mol. The lowest BCUT2D eigenvalue weighted by Crippen LogP contribution is -2.20. The highest BCUT2D eigenvalue weighted by atomic mass is 35.5. The smallest absolute Gasteiger partial charge is 0.345 e. The molecule has 9 heteroatoms. The molecule has 0 saturated carbocycles. The molecule has 4 aromatic carbocycles. The molecular formula is C28H16Cl3N3O3. The number of ether oxygens (including phenoxy) is 1. The maximum absolute atomic E-state index is 13.4. The third-order valence-electron chi connectivity index (χ3n) is 5.44. The second-order valence-corrected chi connectivity index (χ2v) is 9.15. The second-order valence-electron chi connectivity index (χ2n) is 7.87. The zero-order valence-corrected chi connectivity index (χ0v) is 21.2. The summed E-state index contributed by atoms with van der Waals surface area (Å²) >= 11 is 18.1. The summed E-state index contributed by atoms with van der Waals surface area (Å²) in [5, 5.41) is 5.98. The number of benzene rings is 4. The summed E-state index contributed by atoms with van der Waals surface area (Å²) in [5.74, 6) is -0.0925. The molecule has 0 aliphatic carbocycles. The number of fused-ring (bicyclic) bond motifs is 1. The van der Waals surface area contributed by atoms with Crippen molar-refractivity contribution in [2.24, 2.45) is 5.10 Å². The molecule has 0 saturated heterocycles. The molecule has 0 N–H and O–H groups in total. The van der Waals surface area contributed by atoms with Gasteiger partial charge in [-0.25, -0.2) is 9.78 Å². The molecule has 0 bridgehead atoms. The van der Waals surface area contributed by atoms with Gasteiger partial charge in [0, 0.05) is 21.2 Å². The fourth-order valence-electron chi connectivity index (χ4n) is 3.63. The van der Waals surface area contributed by atoms with Gasteiger partial charge in [0.2, 0.25) is 0 Å². The Labute approximate surface area is 226 Å². The summed E-state index contributed by atoms with van der Waals surface area (Å²) in [6.45, 7) is 0. The molecule has 0 aliphatic heterocycles. The number of aromatic nitrogens is 2. The average Bonchev–Trinajstić information content (AvgIpc) is 2.89. The van der Waals surface area contributed by atoms with Gasteiger partial charge in [-0.1, -0.05) is 59.1 Å². The van der Waals surface area contributed by atoms with Crippen molar-refractivity contribution in [3.8, 4) is 17.1 Å². The Hall–Kier alpha value is -3.97. The third-order valence-corrected chi connectivity index (χ3v) is 6.24. The van der Waals surface area contributed by atoms with Crippen molar-refractivity contribution in [2.45, 2.75) is 0 Å². The van der Waals surface area contributed by atoms with Crippen LogP contribution in [0.4, 0.5) is 0 Å². The van der Waals surface area contributed by atoms with E-state index < -0.39 is 5.97 Å². The van der Waals surface area contributed by atoms with Crippen LogP contribution in [-0.4, -0.2) is 21.8 Å². The second kappa shape index (κ2) is 10.6. The van der Waals surface area contributed by atoms with Crippen molar-refractivity contribution in [1.29, 1.82) is 0 Å². The summed E-state index contributed by atoms with van der Waals surface area (Å²) in [5.41, 5.74) is 1.47. The van der Waals surface area contributed by atoms with Crippen LogP contribution in [0.5, 0.6) is 5.75 Å². The lowest BCUT2D eigenvalue weighted by atomic mass is 10.2. The van der Waals surface area contributed by atoms with Crippen LogP contribution in [0.2, 0.25) is 15.1 Å². The minimum absolute atomic E-state index is 0.165. The first-order valence-corrected chi connectivity index (χ1v) is 12.1. The van der Waals surface area contributed by atoms with E-state index >= 15 is 0 Å². The number of hydrogen-bond donors (Lipinski definition) is 0. The minimum Gasteiger partial charge on any atom is -0.422 e. The number of carbonyl (C=O) groups excluding carboxylic acids is 1. The summed E-state index contributed by atoms with van der Waals surface area (Å²) < 4.78 is 6.80. The van der Waals surface area contributed by atoms with E-state index in [-0.39, 0.29) is 21.9 Å². The summed E-state index contributed by atoms with van der Waals surface area (Å²) in [6, 6.07) is 25.3. The van der Waals surface area contributed by atoms with Crippen LogP contribution in [-0.2, 0) is 0 Å². The lowest BCUT2D eigenvalue weighted by Gasteiger charge is -2.11. The van der Waals surface area contributed by atoms with Gasteiger partial charge in [0.05, 0.1) is 27.7 Å². The van der Waals surface area contributed by atoms with Gasteiger partial charge < -0.3 is 4.74 Å². The highest BCUT2D eigenvalue weighted by molar-refractivity contribution is 6.36. The Balaban J connectivity index is 1.56. The van der Waals surface area contributed by atoms with E-state index in [4.69, 9.17) is 39.5 Å². The lowest BCUT2D eigenvalue weighted by molar-refractivity contribution is 0.0734. The molecule has 0 unspecified atom stereocenters. The number of esters is 1. The molecular weight excluding hydrogens is 533 g/mol. The van der Waals surface area contributed by atoms with Crippen molar-refractivity contribution in [2.75, 3.05) is 0 Å². The predicted octanol–water partition coefficient (Wildman–Crippen LogP) is 7.13.